The lowest BCUT2D eigenvalue weighted by Gasteiger charge is -2.09. The van der Waals surface area contributed by atoms with Crippen LogP contribution in [0.25, 0.3) is 0 Å². The average Bonchev–Trinajstić information content (AvgIpc) is 2.93. The molecule has 0 aliphatic carbocycles. The lowest BCUT2D eigenvalue weighted by atomic mass is 10.1. The summed E-state index contributed by atoms with van der Waals surface area (Å²) in [7, 11) is 0. The number of hydrogen-bond acceptors (Lipinski definition) is 5. The topological polar surface area (TPSA) is 56.3 Å². The lowest BCUT2D eigenvalue weighted by molar-refractivity contribution is 0.174. The van der Waals surface area contributed by atoms with Gasteiger partial charge in [-0.2, -0.15) is 0 Å². The molecule has 0 radical (unpaired) electrons. The molecule has 1 aromatic carbocycles. The number of anilines is 1. The summed E-state index contributed by atoms with van der Waals surface area (Å²) in [4.78, 5) is 8.48. The highest BCUT2D eigenvalue weighted by Crippen LogP contribution is 2.32. The van der Waals surface area contributed by atoms with E-state index >= 15 is 0 Å². The molecule has 5 nitrogen and oxygen atoms in total. The zero-order valence-corrected chi connectivity index (χ0v) is 11.6. The van der Waals surface area contributed by atoms with E-state index in [1.54, 1.807) is 6.33 Å². The van der Waals surface area contributed by atoms with Crippen molar-refractivity contribution in [3.05, 3.63) is 41.9 Å². The first-order valence-electron chi connectivity index (χ1n) is 6.67. The lowest BCUT2D eigenvalue weighted by Crippen LogP contribution is -2.03. The Morgan fingerprint density at radius 2 is 2.00 bits per heavy atom. The maximum absolute atomic E-state index is 5.37. The maximum atomic E-state index is 5.37. The molecule has 0 saturated carbocycles. The molecular weight excluding hydrogens is 254 g/mol. The number of aromatic nitrogens is 2. The summed E-state index contributed by atoms with van der Waals surface area (Å²) in [5, 5.41) is 3.30. The number of fused-ring (bicyclic) bond motifs is 1. The van der Waals surface area contributed by atoms with Crippen molar-refractivity contribution in [3.63, 3.8) is 0 Å². The molecular formula is C15H17N3O2. The van der Waals surface area contributed by atoms with Gasteiger partial charge in [0.25, 0.3) is 0 Å². The van der Waals surface area contributed by atoms with Gasteiger partial charge in [0.05, 0.1) is 0 Å². The monoisotopic (exact) mass is 271 g/mol. The number of rotatable bonds is 4. The third kappa shape index (κ3) is 2.66. The van der Waals surface area contributed by atoms with Crippen molar-refractivity contribution in [2.45, 2.75) is 26.3 Å². The first-order chi connectivity index (χ1) is 9.72. The molecule has 0 amide bonds. The quantitative estimate of drug-likeness (QED) is 0.926. The van der Waals surface area contributed by atoms with Crippen LogP contribution < -0.4 is 14.8 Å². The highest BCUT2D eigenvalue weighted by Gasteiger charge is 2.13. The molecule has 0 fully saturated rings. The predicted octanol–water partition coefficient (Wildman–Crippen LogP) is 2.94. The van der Waals surface area contributed by atoms with Crippen molar-refractivity contribution in [3.8, 4) is 11.5 Å². The molecule has 1 aliphatic heterocycles. The van der Waals surface area contributed by atoms with E-state index in [2.05, 4.69) is 29.1 Å². The van der Waals surface area contributed by atoms with E-state index in [-0.39, 0.29) is 0 Å². The summed E-state index contributed by atoms with van der Waals surface area (Å²) in [6, 6.07) is 7.92. The van der Waals surface area contributed by atoms with Gasteiger partial charge in [-0.05, 0) is 23.6 Å². The van der Waals surface area contributed by atoms with Gasteiger partial charge in [-0.15, -0.1) is 0 Å². The third-order valence-corrected chi connectivity index (χ3v) is 3.19. The predicted molar refractivity (Wildman–Crippen MR) is 76.0 cm³/mol. The van der Waals surface area contributed by atoms with E-state index in [1.165, 1.54) is 0 Å². The van der Waals surface area contributed by atoms with E-state index in [9.17, 15) is 0 Å². The van der Waals surface area contributed by atoms with Crippen LogP contribution in [-0.4, -0.2) is 16.8 Å². The van der Waals surface area contributed by atoms with Gasteiger partial charge in [-0.3, -0.25) is 0 Å². The van der Waals surface area contributed by atoms with Crippen molar-refractivity contribution < 1.29 is 9.47 Å². The van der Waals surface area contributed by atoms with Crippen LogP contribution >= 0.6 is 0 Å². The van der Waals surface area contributed by atoms with Gasteiger partial charge < -0.3 is 14.8 Å². The summed E-state index contributed by atoms with van der Waals surface area (Å²) >= 11 is 0. The SMILES string of the molecule is CC(C)c1cc(NCc2ccc3c(c2)OCO3)ncn1. The Bertz CT molecular complexity index is 614. The van der Waals surface area contributed by atoms with Crippen LogP contribution in [0.15, 0.2) is 30.6 Å². The van der Waals surface area contributed by atoms with Crippen LogP contribution in [0.2, 0.25) is 0 Å². The molecule has 3 rings (SSSR count). The minimum absolute atomic E-state index is 0.301. The Morgan fingerprint density at radius 3 is 2.85 bits per heavy atom. The fourth-order valence-corrected chi connectivity index (χ4v) is 2.03. The highest BCUT2D eigenvalue weighted by molar-refractivity contribution is 5.45. The number of nitrogens with one attached hydrogen (secondary N) is 1. The minimum Gasteiger partial charge on any atom is -0.454 e. The zero-order valence-electron chi connectivity index (χ0n) is 11.6. The van der Waals surface area contributed by atoms with Crippen LogP contribution in [0.5, 0.6) is 11.5 Å². The van der Waals surface area contributed by atoms with Gasteiger partial charge in [0, 0.05) is 18.3 Å². The molecule has 2 aromatic rings. The Kier molecular flexibility index (Phi) is 3.41. The number of benzene rings is 1. The van der Waals surface area contributed by atoms with Gasteiger partial charge in [-0.1, -0.05) is 19.9 Å². The Morgan fingerprint density at radius 1 is 1.15 bits per heavy atom. The molecule has 2 heterocycles. The molecule has 0 saturated heterocycles. The van der Waals surface area contributed by atoms with Gasteiger partial charge in [0.15, 0.2) is 11.5 Å². The van der Waals surface area contributed by atoms with Crippen LogP contribution in [0, 0.1) is 0 Å². The molecule has 1 aromatic heterocycles. The van der Waals surface area contributed by atoms with Crippen molar-refractivity contribution in [1.29, 1.82) is 0 Å². The van der Waals surface area contributed by atoms with Crippen LogP contribution in [0.1, 0.15) is 31.0 Å². The molecule has 0 spiro atoms. The second-order valence-electron chi connectivity index (χ2n) is 5.02. The molecule has 0 atom stereocenters. The van der Waals surface area contributed by atoms with Crippen molar-refractivity contribution in [2.75, 3.05) is 12.1 Å². The van der Waals surface area contributed by atoms with E-state index in [4.69, 9.17) is 9.47 Å². The van der Waals surface area contributed by atoms with Crippen LogP contribution in [0.3, 0.4) is 0 Å². The summed E-state index contributed by atoms with van der Waals surface area (Å²) < 4.78 is 10.7. The maximum Gasteiger partial charge on any atom is 0.231 e. The second kappa shape index (κ2) is 5.36. The highest BCUT2D eigenvalue weighted by atomic mass is 16.7. The zero-order chi connectivity index (χ0) is 13.9. The molecule has 20 heavy (non-hydrogen) atoms. The average molecular weight is 271 g/mol. The Labute approximate surface area is 118 Å². The summed E-state index contributed by atoms with van der Waals surface area (Å²) in [6.07, 6.45) is 1.59. The number of hydrogen-bond donors (Lipinski definition) is 1. The van der Waals surface area contributed by atoms with Gasteiger partial charge in [-0.25, -0.2) is 9.97 Å². The minimum atomic E-state index is 0.301. The number of ether oxygens (including phenoxy) is 2. The first-order valence-corrected chi connectivity index (χ1v) is 6.67. The van der Waals surface area contributed by atoms with Crippen LogP contribution in [0.4, 0.5) is 5.82 Å². The molecule has 0 bridgehead atoms. The molecule has 0 unspecified atom stereocenters. The standard InChI is InChI=1S/C15H17N3O2/c1-10(2)12-6-15(18-8-17-12)16-7-11-3-4-13-14(5-11)20-9-19-13/h3-6,8,10H,7,9H2,1-2H3,(H,16,17,18). The van der Waals surface area contributed by atoms with E-state index in [0.717, 1.165) is 28.6 Å². The molecule has 1 aliphatic rings. The summed E-state index contributed by atoms with van der Waals surface area (Å²) in [6.45, 7) is 5.22. The molecule has 104 valence electrons. The van der Waals surface area contributed by atoms with E-state index in [0.29, 0.717) is 19.3 Å². The second-order valence-corrected chi connectivity index (χ2v) is 5.02. The Balaban J connectivity index is 1.69. The van der Waals surface area contributed by atoms with E-state index in [1.807, 2.05) is 24.3 Å². The smallest absolute Gasteiger partial charge is 0.231 e. The fourth-order valence-electron chi connectivity index (χ4n) is 2.03. The molecule has 5 heteroatoms. The first kappa shape index (κ1) is 12.7. The Hall–Kier alpha value is -2.30. The van der Waals surface area contributed by atoms with Crippen LogP contribution in [-0.2, 0) is 6.54 Å². The van der Waals surface area contributed by atoms with Crippen molar-refractivity contribution in [1.82, 2.24) is 9.97 Å². The fraction of sp³-hybridized carbons (Fsp3) is 0.333. The van der Waals surface area contributed by atoms with Gasteiger partial charge in [0.1, 0.15) is 12.1 Å². The van der Waals surface area contributed by atoms with Gasteiger partial charge >= 0.3 is 0 Å². The normalized spacial score (nSPS) is 12.8. The summed E-state index contributed by atoms with van der Waals surface area (Å²) in [5.41, 5.74) is 2.16. The van der Waals surface area contributed by atoms with E-state index < -0.39 is 0 Å². The van der Waals surface area contributed by atoms with Crippen molar-refractivity contribution in [2.24, 2.45) is 0 Å². The van der Waals surface area contributed by atoms with Gasteiger partial charge in [0.2, 0.25) is 6.79 Å². The molecule has 1 N–H and O–H groups in total. The third-order valence-electron chi connectivity index (χ3n) is 3.19. The van der Waals surface area contributed by atoms with Crippen molar-refractivity contribution >= 4 is 5.82 Å². The summed E-state index contributed by atoms with van der Waals surface area (Å²) in [5.74, 6) is 2.83. The largest absolute Gasteiger partial charge is 0.454 e. The number of nitrogens with zero attached hydrogens (tertiary/aromatic N) is 2.